The molecule has 0 fully saturated rings. The summed E-state index contributed by atoms with van der Waals surface area (Å²) in [4.78, 5) is 16.7. The van der Waals surface area contributed by atoms with Crippen molar-refractivity contribution in [2.45, 2.75) is 13.8 Å². The van der Waals surface area contributed by atoms with Gasteiger partial charge in [-0.3, -0.25) is 4.79 Å². The molecule has 0 unspecified atom stereocenters. The Hall–Kier alpha value is -3.54. The molecule has 2 aromatic carbocycles. The molecule has 1 heterocycles. The van der Waals surface area contributed by atoms with E-state index in [4.69, 9.17) is 9.47 Å². The van der Waals surface area contributed by atoms with Crippen LogP contribution < -0.4 is 20.1 Å². The molecule has 1 amide bonds. The Balaban J connectivity index is 1.53. The molecule has 0 saturated carbocycles. The lowest BCUT2D eigenvalue weighted by Gasteiger charge is -2.12. The second kappa shape index (κ2) is 9.59. The number of nitrogens with one attached hydrogen (secondary N) is 2. The summed E-state index contributed by atoms with van der Waals surface area (Å²) in [6, 6.07) is 16.8. The number of carbonyl (C=O) groups excluding carboxylic acids is 1. The van der Waals surface area contributed by atoms with Gasteiger partial charge in [-0.2, -0.15) is 0 Å². The fourth-order valence-corrected chi connectivity index (χ4v) is 2.77. The van der Waals surface area contributed by atoms with E-state index < -0.39 is 0 Å². The molecule has 0 bridgehead atoms. The van der Waals surface area contributed by atoms with Gasteiger partial charge in [-0.25, -0.2) is 4.98 Å². The third kappa shape index (κ3) is 5.48. The lowest BCUT2D eigenvalue weighted by molar-refractivity contribution is 0.0947. The van der Waals surface area contributed by atoms with Crippen molar-refractivity contribution in [1.29, 1.82) is 0 Å². The van der Waals surface area contributed by atoms with E-state index in [9.17, 15) is 4.79 Å². The number of hydrogen-bond acceptors (Lipinski definition) is 5. The van der Waals surface area contributed by atoms with Gasteiger partial charge < -0.3 is 20.1 Å². The van der Waals surface area contributed by atoms with E-state index in [0.29, 0.717) is 24.5 Å². The summed E-state index contributed by atoms with van der Waals surface area (Å²) in [7, 11) is 1.62. The number of amides is 1. The highest BCUT2D eigenvalue weighted by molar-refractivity contribution is 5.94. The Morgan fingerprint density at radius 3 is 2.55 bits per heavy atom. The van der Waals surface area contributed by atoms with Crippen molar-refractivity contribution in [3.05, 3.63) is 77.5 Å². The van der Waals surface area contributed by atoms with Gasteiger partial charge in [0.25, 0.3) is 5.91 Å². The summed E-state index contributed by atoms with van der Waals surface area (Å²) >= 11 is 0. The summed E-state index contributed by atoms with van der Waals surface area (Å²) in [5.41, 5.74) is 3.86. The van der Waals surface area contributed by atoms with Crippen molar-refractivity contribution >= 4 is 17.4 Å². The minimum atomic E-state index is -0.172. The average Bonchev–Trinajstić information content (AvgIpc) is 2.75. The van der Waals surface area contributed by atoms with Crippen LogP contribution in [-0.2, 0) is 0 Å². The van der Waals surface area contributed by atoms with Crippen LogP contribution in [0.3, 0.4) is 0 Å². The van der Waals surface area contributed by atoms with Crippen molar-refractivity contribution in [1.82, 2.24) is 10.3 Å². The number of hydrogen-bond donors (Lipinski definition) is 2. The van der Waals surface area contributed by atoms with E-state index in [-0.39, 0.29) is 5.91 Å². The molecular formula is C23H25N3O3. The molecule has 0 spiro atoms. The summed E-state index contributed by atoms with van der Waals surface area (Å²) < 4.78 is 10.7. The molecule has 0 radical (unpaired) electrons. The summed E-state index contributed by atoms with van der Waals surface area (Å²) in [5, 5.41) is 6.14. The van der Waals surface area contributed by atoms with Crippen molar-refractivity contribution in [3.8, 4) is 11.5 Å². The SMILES string of the molecule is COc1ccc(OCCNC(=O)c2ccnc(Nc3cccc(C)c3C)c2)cc1. The Bertz CT molecular complexity index is 971. The van der Waals surface area contributed by atoms with Crippen LogP contribution in [0.1, 0.15) is 21.5 Å². The number of methoxy groups -OCH3 is 1. The Morgan fingerprint density at radius 2 is 1.79 bits per heavy atom. The average molecular weight is 391 g/mol. The minimum absolute atomic E-state index is 0.172. The molecule has 0 atom stereocenters. The second-order valence-electron chi connectivity index (χ2n) is 6.58. The molecule has 2 N–H and O–H groups in total. The highest BCUT2D eigenvalue weighted by Gasteiger charge is 2.08. The van der Waals surface area contributed by atoms with Crippen LogP contribution in [0.15, 0.2) is 60.8 Å². The maximum Gasteiger partial charge on any atom is 0.251 e. The standard InChI is InChI=1S/C23H25N3O3/c1-16-5-4-6-21(17(16)2)26-22-15-18(11-12-24-22)23(27)25-13-14-29-20-9-7-19(28-3)8-10-20/h4-12,15H,13-14H2,1-3H3,(H,24,26)(H,25,27). The third-order valence-electron chi connectivity index (χ3n) is 4.61. The number of anilines is 2. The maximum atomic E-state index is 12.4. The van der Waals surface area contributed by atoms with Crippen LogP contribution in [0, 0.1) is 13.8 Å². The van der Waals surface area contributed by atoms with Crippen molar-refractivity contribution < 1.29 is 14.3 Å². The second-order valence-corrected chi connectivity index (χ2v) is 6.58. The first-order chi connectivity index (χ1) is 14.1. The molecule has 0 saturated heterocycles. The molecule has 0 aliphatic heterocycles. The monoisotopic (exact) mass is 391 g/mol. The largest absolute Gasteiger partial charge is 0.497 e. The lowest BCUT2D eigenvalue weighted by atomic mass is 10.1. The van der Waals surface area contributed by atoms with Crippen LogP contribution in [0.4, 0.5) is 11.5 Å². The zero-order valence-electron chi connectivity index (χ0n) is 16.9. The van der Waals surface area contributed by atoms with E-state index in [0.717, 1.165) is 22.7 Å². The number of ether oxygens (including phenoxy) is 2. The molecule has 3 rings (SSSR count). The molecule has 0 aliphatic carbocycles. The number of rotatable bonds is 8. The van der Waals surface area contributed by atoms with E-state index in [2.05, 4.69) is 35.5 Å². The predicted molar refractivity (Wildman–Crippen MR) is 114 cm³/mol. The van der Waals surface area contributed by atoms with Crippen LogP contribution in [-0.4, -0.2) is 31.2 Å². The lowest BCUT2D eigenvalue weighted by Crippen LogP contribution is -2.28. The van der Waals surface area contributed by atoms with Crippen molar-refractivity contribution in [2.24, 2.45) is 0 Å². The fraction of sp³-hybridized carbons (Fsp3) is 0.217. The normalized spacial score (nSPS) is 10.3. The Labute approximate surface area is 170 Å². The third-order valence-corrected chi connectivity index (χ3v) is 4.61. The van der Waals surface area contributed by atoms with Crippen LogP contribution in [0.2, 0.25) is 0 Å². The number of benzene rings is 2. The van der Waals surface area contributed by atoms with Gasteiger partial charge in [0, 0.05) is 17.4 Å². The number of carbonyl (C=O) groups is 1. The first-order valence-corrected chi connectivity index (χ1v) is 9.41. The number of aryl methyl sites for hydroxylation is 1. The van der Waals surface area contributed by atoms with Crippen LogP contribution >= 0.6 is 0 Å². The Kier molecular flexibility index (Phi) is 6.68. The Morgan fingerprint density at radius 1 is 1.03 bits per heavy atom. The van der Waals surface area contributed by atoms with E-state index in [1.807, 2.05) is 36.4 Å². The van der Waals surface area contributed by atoms with Gasteiger partial charge in [-0.05, 0) is 67.4 Å². The quantitative estimate of drug-likeness (QED) is 0.562. The number of pyridine rings is 1. The van der Waals surface area contributed by atoms with Gasteiger partial charge in [0.2, 0.25) is 0 Å². The molecule has 6 nitrogen and oxygen atoms in total. The smallest absolute Gasteiger partial charge is 0.251 e. The number of nitrogens with zero attached hydrogens (tertiary/aromatic N) is 1. The molecule has 29 heavy (non-hydrogen) atoms. The van der Waals surface area contributed by atoms with Crippen LogP contribution in [0.5, 0.6) is 11.5 Å². The van der Waals surface area contributed by atoms with E-state index >= 15 is 0 Å². The maximum absolute atomic E-state index is 12.4. The molecular weight excluding hydrogens is 366 g/mol. The van der Waals surface area contributed by atoms with E-state index in [1.165, 1.54) is 5.56 Å². The van der Waals surface area contributed by atoms with Gasteiger partial charge in [0.1, 0.15) is 23.9 Å². The number of aromatic nitrogens is 1. The molecule has 150 valence electrons. The summed E-state index contributed by atoms with van der Waals surface area (Å²) in [5.74, 6) is 1.95. The van der Waals surface area contributed by atoms with Crippen LogP contribution in [0.25, 0.3) is 0 Å². The fourth-order valence-electron chi connectivity index (χ4n) is 2.77. The van der Waals surface area contributed by atoms with Gasteiger partial charge in [0.05, 0.1) is 13.7 Å². The molecule has 0 aliphatic rings. The van der Waals surface area contributed by atoms with Crippen molar-refractivity contribution in [2.75, 3.05) is 25.6 Å². The molecule has 3 aromatic rings. The topological polar surface area (TPSA) is 72.5 Å². The van der Waals surface area contributed by atoms with E-state index in [1.54, 1.807) is 25.4 Å². The highest BCUT2D eigenvalue weighted by Crippen LogP contribution is 2.22. The van der Waals surface area contributed by atoms with Gasteiger partial charge >= 0.3 is 0 Å². The molecule has 1 aromatic heterocycles. The minimum Gasteiger partial charge on any atom is -0.497 e. The zero-order chi connectivity index (χ0) is 20.6. The predicted octanol–water partition coefficient (Wildman–Crippen LogP) is 4.26. The van der Waals surface area contributed by atoms with Gasteiger partial charge in [0.15, 0.2) is 0 Å². The summed E-state index contributed by atoms with van der Waals surface area (Å²) in [6.45, 7) is 4.88. The summed E-state index contributed by atoms with van der Waals surface area (Å²) in [6.07, 6.45) is 1.62. The van der Waals surface area contributed by atoms with Gasteiger partial charge in [-0.1, -0.05) is 12.1 Å². The zero-order valence-corrected chi connectivity index (χ0v) is 16.9. The highest BCUT2D eigenvalue weighted by atomic mass is 16.5. The first-order valence-electron chi connectivity index (χ1n) is 9.41. The molecule has 6 heteroatoms. The van der Waals surface area contributed by atoms with Crippen molar-refractivity contribution in [3.63, 3.8) is 0 Å². The first kappa shape index (κ1) is 20.2. The van der Waals surface area contributed by atoms with Gasteiger partial charge in [-0.15, -0.1) is 0 Å².